The summed E-state index contributed by atoms with van der Waals surface area (Å²) in [7, 11) is 0. The Kier molecular flexibility index (Phi) is 6.77. The van der Waals surface area contributed by atoms with E-state index in [9.17, 15) is 9.59 Å². The Balaban J connectivity index is 1.22. The summed E-state index contributed by atoms with van der Waals surface area (Å²) >= 11 is 0. The third-order valence-electron chi connectivity index (χ3n) is 6.66. The molecule has 2 atom stereocenters. The Morgan fingerprint density at radius 3 is 2.74 bits per heavy atom. The first-order valence-corrected chi connectivity index (χ1v) is 12.1. The van der Waals surface area contributed by atoms with Crippen molar-refractivity contribution in [3.05, 3.63) is 72.3 Å². The predicted molar refractivity (Wildman–Crippen MR) is 132 cm³/mol. The molecule has 2 aliphatic heterocycles. The Morgan fingerprint density at radius 1 is 1.00 bits per heavy atom. The predicted octanol–water partition coefficient (Wildman–Crippen LogP) is 4.89. The lowest BCUT2D eigenvalue weighted by Gasteiger charge is -2.32. The van der Waals surface area contributed by atoms with Gasteiger partial charge in [0, 0.05) is 37.0 Å². The first-order chi connectivity index (χ1) is 16.7. The van der Waals surface area contributed by atoms with Crippen molar-refractivity contribution >= 4 is 28.3 Å². The molecule has 0 spiro atoms. The number of carbonyl (C=O) groups is 2. The lowest BCUT2D eigenvalue weighted by Crippen LogP contribution is -2.43. The maximum atomic E-state index is 13.3. The van der Waals surface area contributed by atoms with Gasteiger partial charge in [-0.15, -0.1) is 0 Å². The Bertz CT molecular complexity index is 1170. The van der Waals surface area contributed by atoms with Crippen molar-refractivity contribution in [1.29, 1.82) is 0 Å². The molecule has 0 bridgehead atoms. The highest BCUT2D eigenvalue weighted by atomic mass is 16.5. The SMILES string of the molecule is O=C(Nc1cccc(OC[C@H]2CCCO2)c1)[C@H]1CCCN(C(=O)c2cccc3ccccc23)C1. The van der Waals surface area contributed by atoms with Crippen LogP contribution in [0.2, 0.25) is 0 Å². The molecule has 2 aliphatic rings. The number of ether oxygens (including phenoxy) is 2. The summed E-state index contributed by atoms with van der Waals surface area (Å²) in [6.45, 7) is 2.40. The van der Waals surface area contributed by atoms with Crippen LogP contribution >= 0.6 is 0 Å². The van der Waals surface area contributed by atoms with E-state index >= 15 is 0 Å². The second-order valence-corrected chi connectivity index (χ2v) is 9.08. The first kappa shape index (κ1) is 22.4. The molecule has 2 saturated heterocycles. The topological polar surface area (TPSA) is 67.9 Å². The molecule has 0 radical (unpaired) electrons. The fourth-order valence-electron chi connectivity index (χ4n) is 4.83. The van der Waals surface area contributed by atoms with Gasteiger partial charge in [-0.1, -0.05) is 42.5 Å². The molecule has 6 nitrogen and oxygen atoms in total. The second kappa shape index (κ2) is 10.3. The Morgan fingerprint density at radius 2 is 1.85 bits per heavy atom. The summed E-state index contributed by atoms with van der Waals surface area (Å²) in [4.78, 5) is 28.2. The van der Waals surface area contributed by atoms with Crippen LogP contribution in [0, 0.1) is 5.92 Å². The third kappa shape index (κ3) is 5.07. The zero-order valence-electron chi connectivity index (χ0n) is 19.2. The number of piperidine rings is 1. The summed E-state index contributed by atoms with van der Waals surface area (Å²) in [6, 6.07) is 21.2. The number of anilines is 1. The average Bonchev–Trinajstić information content (AvgIpc) is 3.41. The number of fused-ring (bicyclic) bond motifs is 1. The molecular weight excluding hydrogens is 428 g/mol. The van der Waals surface area contributed by atoms with Crippen molar-refractivity contribution in [2.24, 2.45) is 5.92 Å². The number of nitrogens with one attached hydrogen (secondary N) is 1. The number of amides is 2. The minimum absolute atomic E-state index is 0.0150. The summed E-state index contributed by atoms with van der Waals surface area (Å²) in [5.41, 5.74) is 1.39. The van der Waals surface area contributed by atoms with Crippen LogP contribution in [-0.4, -0.2) is 49.1 Å². The van der Waals surface area contributed by atoms with E-state index in [1.807, 2.05) is 71.6 Å². The fourth-order valence-corrected chi connectivity index (χ4v) is 4.83. The van der Waals surface area contributed by atoms with E-state index in [0.29, 0.717) is 36.7 Å². The molecule has 34 heavy (non-hydrogen) atoms. The summed E-state index contributed by atoms with van der Waals surface area (Å²) < 4.78 is 11.5. The van der Waals surface area contributed by atoms with Gasteiger partial charge in [0.25, 0.3) is 5.91 Å². The second-order valence-electron chi connectivity index (χ2n) is 9.08. The van der Waals surface area contributed by atoms with Gasteiger partial charge in [-0.2, -0.15) is 0 Å². The lowest BCUT2D eigenvalue weighted by atomic mass is 9.95. The van der Waals surface area contributed by atoms with Gasteiger partial charge < -0.3 is 19.7 Å². The molecule has 2 heterocycles. The molecule has 0 unspecified atom stereocenters. The number of carbonyl (C=O) groups excluding carboxylic acids is 2. The maximum absolute atomic E-state index is 13.3. The van der Waals surface area contributed by atoms with Gasteiger partial charge in [0.1, 0.15) is 12.4 Å². The number of benzene rings is 3. The molecule has 5 rings (SSSR count). The van der Waals surface area contributed by atoms with Crippen molar-refractivity contribution in [3.8, 4) is 5.75 Å². The van der Waals surface area contributed by atoms with Crippen LogP contribution in [0.25, 0.3) is 10.8 Å². The molecule has 0 aliphatic carbocycles. The standard InChI is InChI=1S/C28H30N2O4/c31-27(29-22-10-4-11-23(17-22)34-19-24-12-6-16-33-24)21-9-5-15-30(18-21)28(32)26-14-3-8-20-7-1-2-13-25(20)26/h1-4,7-8,10-11,13-14,17,21,24H,5-6,9,12,15-16,18-19H2,(H,29,31)/t21-,24+/m0/s1. The molecule has 3 aromatic rings. The maximum Gasteiger partial charge on any atom is 0.254 e. The highest BCUT2D eigenvalue weighted by molar-refractivity contribution is 6.07. The van der Waals surface area contributed by atoms with Gasteiger partial charge in [0.05, 0.1) is 12.0 Å². The highest BCUT2D eigenvalue weighted by Gasteiger charge is 2.29. The molecule has 0 saturated carbocycles. The van der Waals surface area contributed by atoms with Crippen molar-refractivity contribution in [3.63, 3.8) is 0 Å². The van der Waals surface area contributed by atoms with Crippen LogP contribution in [0.4, 0.5) is 5.69 Å². The average molecular weight is 459 g/mol. The largest absolute Gasteiger partial charge is 0.491 e. The summed E-state index contributed by atoms with van der Waals surface area (Å²) in [6.07, 6.45) is 3.81. The molecule has 3 aromatic carbocycles. The lowest BCUT2D eigenvalue weighted by molar-refractivity contribution is -0.121. The molecule has 2 fully saturated rings. The van der Waals surface area contributed by atoms with Crippen LogP contribution in [0.1, 0.15) is 36.0 Å². The highest BCUT2D eigenvalue weighted by Crippen LogP contribution is 2.25. The van der Waals surface area contributed by atoms with E-state index in [1.54, 1.807) is 0 Å². The van der Waals surface area contributed by atoms with Crippen LogP contribution in [0.5, 0.6) is 5.75 Å². The minimum atomic E-state index is -0.246. The van der Waals surface area contributed by atoms with E-state index < -0.39 is 0 Å². The van der Waals surface area contributed by atoms with E-state index in [-0.39, 0.29) is 23.8 Å². The first-order valence-electron chi connectivity index (χ1n) is 12.1. The monoisotopic (exact) mass is 458 g/mol. The van der Waals surface area contributed by atoms with E-state index in [1.165, 1.54) is 0 Å². The van der Waals surface area contributed by atoms with Crippen molar-refractivity contribution in [2.45, 2.75) is 31.8 Å². The Hall–Kier alpha value is -3.38. The van der Waals surface area contributed by atoms with Gasteiger partial charge >= 0.3 is 0 Å². The number of nitrogens with zero attached hydrogens (tertiary/aromatic N) is 1. The van der Waals surface area contributed by atoms with Crippen molar-refractivity contribution in [2.75, 3.05) is 31.6 Å². The van der Waals surface area contributed by atoms with Gasteiger partial charge in [-0.3, -0.25) is 9.59 Å². The van der Waals surface area contributed by atoms with Crippen molar-refractivity contribution < 1.29 is 19.1 Å². The third-order valence-corrected chi connectivity index (χ3v) is 6.66. The van der Waals surface area contributed by atoms with Crippen LogP contribution in [0.15, 0.2) is 66.7 Å². The van der Waals surface area contributed by atoms with E-state index in [4.69, 9.17) is 9.47 Å². The van der Waals surface area contributed by atoms with Gasteiger partial charge in [-0.25, -0.2) is 0 Å². The number of hydrogen-bond donors (Lipinski definition) is 1. The number of rotatable bonds is 6. The zero-order chi connectivity index (χ0) is 23.3. The zero-order valence-corrected chi connectivity index (χ0v) is 19.2. The molecule has 2 amide bonds. The number of hydrogen-bond acceptors (Lipinski definition) is 4. The van der Waals surface area contributed by atoms with Gasteiger partial charge in [0.2, 0.25) is 5.91 Å². The summed E-state index contributed by atoms with van der Waals surface area (Å²) in [5.74, 6) is 0.388. The van der Waals surface area contributed by atoms with Crippen LogP contribution < -0.4 is 10.1 Å². The van der Waals surface area contributed by atoms with E-state index in [0.717, 1.165) is 43.1 Å². The van der Waals surface area contributed by atoms with Gasteiger partial charge in [0.15, 0.2) is 0 Å². The quantitative estimate of drug-likeness (QED) is 0.571. The molecule has 1 N–H and O–H groups in total. The molecule has 6 heteroatoms. The molecule has 0 aromatic heterocycles. The van der Waals surface area contributed by atoms with Gasteiger partial charge in [-0.05, 0) is 54.7 Å². The summed E-state index contributed by atoms with van der Waals surface area (Å²) in [5, 5.41) is 5.01. The molecular formula is C28H30N2O4. The number of likely N-dealkylation sites (tertiary alicyclic amines) is 1. The van der Waals surface area contributed by atoms with Crippen LogP contribution in [-0.2, 0) is 9.53 Å². The molecule has 176 valence electrons. The normalized spacial score (nSPS) is 20.3. The van der Waals surface area contributed by atoms with E-state index in [2.05, 4.69) is 5.32 Å². The fraction of sp³-hybridized carbons (Fsp3) is 0.357. The van der Waals surface area contributed by atoms with Crippen LogP contribution in [0.3, 0.4) is 0 Å². The smallest absolute Gasteiger partial charge is 0.254 e. The minimum Gasteiger partial charge on any atom is -0.491 e. The Labute approximate surface area is 199 Å². The van der Waals surface area contributed by atoms with Crippen molar-refractivity contribution in [1.82, 2.24) is 4.90 Å².